The molecule has 4 unspecified atom stereocenters. The highest BCUT2D eigenvalue weighted by Gasteiger charge is 2.50. The Morgan fingerprint density at radius 1 is 0.684 bits per heavy atom. The van der Waals surface area contributed by atoms with Gasteiger partial charge in [0.05, 0.1) is 26.3 Å². The van der Waals surface area contributed by atoms with Crippen molar-refractivity contribution < 1.29 is 28.6 Å². The smallest absolute Gasteiger partial charge is 0.407 e. The maximum absolute atomic E-state index is 12.3. The number of nitrogens with two attached hydrogens (primary N) is 1. The van der Waals surface area contributed by atoms with Gasteiger partial charge in [-0.25, -0.2) is 14.4 Å². The fraction of sp³-hybridized carbons (Fsp3) is 0.750. The average Bonchev–Trinajstić information content (AvgIpc) is 3.74. The van der Waals surface area contributed by atoms with Gasteiger partial charge in [0.1, 0.15) is 6.10 Å². The molecule has 10 nitrogen and oxygen atoms in total. The summed E-state index contributed by atoms with van der Waals surface area (Å²) in [6, 6.07) is 0. The fourth-order valence-electron chi connectivity index (χ4n) is 6.24. The van der Waals surface area contributed by atoms with Crippen LogP contribution in [0.1, 0.15) is 51.4 Å². The maximum Gasteiger partial charge on any atom is 0.407 e. The normalized spacial score (nSPS) is 31.7. The molecule has 38 heavy (non-hydrogen) atoms. The molecule has 4 aliphatic carbocycles. The van der Waals surface area contributed by atoms with Gasteiger partial charge in [0, 0.05) is 13.1 Å². The number of carbonyl (C=O) groups excluding carboxylic acids is 3. The van der Waals surface area contributed by atoms with E-state index in [1.807, 2.05) is 0 Å². The number of amides is 3. The van der Waals surface area contributed by atoms with Crippen LogP contribution in [0.4, 0.5) is 14.4 Å². The van der Waals surface area contributed by atoms with Gasteiger partial charge < -0.3 is 35.9 Å². The van der Waals surface area contributed by atoms with Crippen LogP contribution in [0.25, 0.3) is 0 Å². The van der Waals surface area contributed by atoms with Crippen LogP contribution < -0.4 is 21.7 Å². The molecule has 0 radical (unpaired) electrons. The highest BCUT2D eigenvalue weighted by Crippen LogP contribution is 2.53. The van der Waals surface area contributed by atoms with Crippen molar-refractivity contribution in [2.45, 2.75) is 57.5 Å². The maximum atomic E-state index is 12.3. The van der Waals surface area contributed by atoms with Crippen molar-refractivity contribution in [2.24, 2.45) is 41.2 Å². The van der Waals surface area contributed by atoms with Crippen LogP contribution in [0.2, 0.25) is 0 Å². The monoisotopic (exact) mass is 532 g/mol. The van der Waals surface area contributed by atoms with Crippen LogP contribution in [0.5, 0.6) is 0 Å². The molecular formula is C28H44N4O6. The van der Waals surface area contributed by atoms with E-state index in [4.69, 9.17) is 19.9 Å². The Morgan fingerprint density at radius 3 is 1.50 bits per heavy atom. The molecule has 0 aromatic rings. The molecule has 4 aliphatic rings. The number of allylic oxidation sites excluding steroid dienone is 4. The molecule has 5 N–H and O–H groups in total. The number of nitrogens with one attached hydrogen (secondary N) is 3. The van der Waals surface area contributed by atoms with E-state index in [0.29, 0.717) is 48.7 Å². The van der Waals surface area contributed by atoms with Gasteiger partial charge in [-0.05, 0) is 86.9 Å². The van der Waals surface area contributed by atoms with Gasteiger partial charge in [0.25, 0.3) is 0 Å². The zero-order chi connectivity index (χ0) is 26.7. The molecule has 10 heteroatoms. The molecule has 0 aromatic carbocycles. The van der Waals surface area contributed by atoms with Crippen LogP contribution in [-0.4, -0.2) is 63.8 Å². The molecule has 4 rings (SSSR count). The van der Waals surface area contributed by atoms with Crippen LogP contribution in [0.3, 0.4) is 0 Å². The lowest BCUT2D eigenvalue weighted by molar-refractivity contribution is 0.0860. The van der Waals surface area contributed by atoms with Crippen molar-refractivity contribution >= 4 is 18.3 Å². The van der Waals surface area contributed by atoms with Crippen molar-refractivity contribution in [2.75, 3.05) is 39.4 Å². The number of fused-ring (bicyclic) bond motifs is 2. The highest BCUT2D eigenvalue weighted by molar-refractivity contribution is 5.69. The number of carbonyl (C=O) groups is 3. The van der Waals surface area contributed by atoms with E-state index in [0.717, 1.165) is 51.4 Å². The molecule has 212 valence electrons. The van der Waals surface area contributed by atoms with Gasteiger partial charge >= 0.3 is 18.3 Å². The second kappa shape index (κ2) is 14.4. The zero-order valence-corrected chi connectivity index (χ0v) is 22.3. The first kappa shape index (κ1) is 28.3. The largest absolute Gasteiger partial charge is 0.449 e. The highest BCUT2D eigenvalue weighted by atomic mass is 16.6. The van der Waals surface area contributed by atoms with E-state index in [2.05, 4.69) is 40.3 Å². The van der Waals surface area contributed by atoms with Gasteiger partial charge in [-0.2, -0.15) is 0 Å². The second-order valence-electron chi connectivity index (χ2n) is 10.9. The van der Waals surface area contributed by atoms with E-state index < -0.39 is 24.4 Å². The van der Waals surface area contributed by atoms with Crippen molar-refractivity contribution in [3.8, 4) is 0 Å². The molecule has 0 saturated heterocycles. The van der Waals surface area contributed by atoms with Gasteiger partial charge in [0.2, 0.25) is 0 Å². The zero-order valence-electron chi connectivity index (χ0n) is 22.3. The number of hydrogen-bond donors (Lipinski definition) is 4. The summed E-state index contributed by atoms with van der Waals surface area (Å²) in [6.45, 7) is 1.32. The quantitative estimate of drug-likeness (QED) is 0.236. The lowest BCUT2D eigenvalue weighted by Gasteiger charge is -2.19. The Kier molecular flexibility index (Phi) is 10.7. The van der Waals surface area contributed by atoms with Gasteiger partial charge in [-0.1, -0.05) is 24.3 Å². The van der Waals surface area contributed by atoms with E-state index in [1.165, 1.54) is 0 Å². The number of alkyl carbamates (subject to hydrolysis) is 3. The molecule has 0 bridgehead atoms. The summed E-state index contributed by atoms with van der Waals surface area (Å²) in [5.74, 6) is 3.38. The SMILES string of the molecule is NCCNC(=O)OC(CNC(=O)OCC1C2CC/C=C/CCC21)CNC(=O)OC[C@@H]1C2CC/C=C/CC[C@H]21. The predicted octanol–water partition coefficient (Wildman–Crippen LogP) is 3.48. The summed E-state index contributed by atoms with van der Waals surface area (Å²) in [5.41, 5.74) is 5.43. The van der Waals surface area contributed by atoms with Crippen LogP contribution in [0, 0.1) is 35.5 Å². The fourth-order valence-corrected chi connectivity index (χ4v) is 6.24. The summed E-state index contributed by atoms with van der Waals surface area (Å²) < 4.78 is 16.3. The van der Waals surface area contributed by atoms with Crippen LogP contribution in [-0.2, 0) is 14.2 Å². The Hall–Kier alpha value is -2.75. The minimum Gasteiger partial charge on any atom is -0.449 e. The standard InChI is InChI=1S/C28H44N4O6/c29-13-14-30-28(35)38-19(15-31-26(33)36-17-24-20-9-5-1-2-6-10-21(20)24)16-32-27(34)37-18-25-22-11-7-3-4-8-12-23(22)25/h1-4,19-25H,5-18,29H2,(H,30,35)(H,31,33)(H,32,34)/b2-1+,4-3+/t19?,20-,21?,22?,23?,24+,25?/m1/s1. The Balaban J connectivity index is 1.15. The summed E-state index contributed by atoms with van der Waals surface area (Å²) in [5, 5.41) is 7.85. The molecule has 0 spiro atoms. The molecular weight excluding hydrogens is 488 g/mol. The van der Waals surface area contributed by atoms with Crippen molar-refractivity contribution in [3.63, 3.8) is 0 Å². The Morgan fingerprint density at radius 2 is 1.11 bits per heavy atom. The third-order valence-corrected chi connectivity index (χ3v) is 8.47. The van der Waals surface area contributed by atoms with Crippen molar-refractivity contribution in [3.05, 3.63) is 24.3 Å². The molecule has 0 aliphatic heterocycles. The van der Waals surface area contributed by atoms with Gasteiger partial charge in [-0.3, -0.25) is 0 Å². The number of rotatable bonds is 11. The van der Waals surface area contributed by atoms with Crippen molar-refractivity contribution in [1.82, 2.24) is 16.0 Å². The molecule has 0 aromatic heterocycles. The summed E-state index contributed by atoms with van der Waals surface area (Å²) in [4.78, 5) is 36.7. The topological polar surface area (TPSA) is 141 Å². The Bertz CT molecular complexity index is 774. The van der Waals surface area contributed by atoms with E-state index in [1.54, 1.807) is 0 Å². The average molecular weight is 533 g/mol. The minimum atomic E-state index is -0.795. The van der Waals surface area contributed by atoms with E-state index >= 15 is 0 Å². The molecule has 6 atom stereocenters. The molecule has 0 heterocycles. The summed E-state index contributed by atoms with van der Waals surface area (Å²) in [7, 11) is 0. The predicted molar refractivity (Wildman–Crippen MR) is 142 cm³/mol. The van der Waals surface area contributed by atoms with Crippen LogP contribution >= 0.6 is 0 Å². The van der Waals surface area contributed by atoms with Crippen molar-refractivity contribution in [1.29, 1.82) is 0 Å². The van der Waals surface area contributed by atoms with Gasteiger partial charge in [-0.15, -0.1) is 0 Å². The third kappa shape index (κ3) is 8.64. The number of hydrogen-bond acceptors (Lipinski definition) is 7. The van der Waals surface area contributed by atoms with E-state index in [9.17, 15) is 14.4 Å². The van der Waals surface area contributed by atoms with Crippen LogP contribution in [0.15, 0.2) is 24.3 Å². The first-order valence-electron chi connectivity index (χ1n) is 14.3. The lowest BCUT2D eigenvalue weighted by atomic mass is 10.1. The lowest BCUT2D eigenvalue weighted by Crippen LogP contribution is -2.45. The number of ether oxygens (including phenoxy) is 3. The minimum absolute atomic E-state index is 0.00360. The van der Waals surface area contributed by atoms with Gasteiger partial charge in [0.15, 0.2) is 0 Å². The van der Waals surface area contributed by atoms with E-state index in [-0.39, 0.29) is 26.2 Å². The summed E-state index contributed by atoms with van der Waals surface area (Å²) >= 11 is 0. The molecule has 2 fully saturated rings. The Labute approximate surface area is 225 Å². The first-order chi connectivity index (χ1) is 18.6. The summed E-state index contributed by atoms with van der Waals surface area (Å²) in [6.07, 6.45) is 15.3. The third-order valence-electron chi connectivity index (χ3n) is 8.47. The molecule has 3 amide bonds. The first-order valence-corrected chi connectivity index (χ1v) is 14.3. The molecule has 2 saturated carbocycles. The second-order valence-corrected chi connectivity index (χ2v) is 10.9.